The summed E-state index contributed by atoms with van der Waals surface area (Å²) >= 11 is 0. The second kappa shape index (κ2) is 6.85. The van der Waals surface area contributed by atoms with E-state index in [-0.39, 0.29) is 0 Å². The lowest BCUT2D eigenvalue weighted by Gasteiger charge is -2.39. The van der Waals surface area contributed by atoms with Crippen LogP contribution in [0.4, 0.5) is 0 Å². The molecule has 1 amide bonds. The van der Waals surface area contributed by atoms with Crippen molar-refractivity contribution in [1.29, 1.82) is 0 Å². The quantitative estimate of drug-likeness (QED) is 0.853. The van der Waals surface area contributed by atoms with Gasteiger partial charge in [0.25, 0.3) is 0 Å². The number of hydrogen-bond acceptors (Lipinski definition) is 3. The van der Waals surface area contributed by atoms with Crippen molar-refractivity contribution in [2.45, 2.75) is 38.1 Å². The van der Waals surface area contributed by atoms with E-state index in [1.807, 2.05) is 0 Å². The first kappa shape index (κ1) is 17.4. The van der Waals surface area contributed by atoms with Crippen molar-refractivity contribution in [2.75, 3.05) is 40.4 Å². The van der Waals surface area contributed by atoms with Crippen LogP contribution in [0.15, 0.2) is 24.3 Å². The molecule has 1 aromatic carbocycles. The summed E-state index contributed by atoms with van der Waals surface area (Å²) in [6.07, 6.45) is 1.57. The predicted molar refractivity (Wildman–Crippen MR) is 96.1 cm³/mol. The molecule has 2 saturated heterocycles. The molecule has 24 heavy (non-hydrogen) atoms. The Morgan fingerprint density at radius 2 is 1.79 bits per heavy atom. The number of benzene rings is 1. The van der Waals surface area contributed by atoms with Gasteiger partial charge in [-0.05, 0) is 45.3 Å². The summed E-state index contributed by atoms with van der Waals surface area (Å²) in [6.45, 7) is 7.37. The van der Waals surface area contributed by atoms with Crippen molar-refractivity contribution in [2.24, 2.45) is 5.92 Å². The van der Waals surface area contributed by atoms with Gasteiger partial charge in [0, 0.05) is 32.3 Å². The standard InChI is InChI=1S/C20H30N2O2/c1-15-5-7-17(8-6-15)20(9-11-24-12-10-20)19(23)22-13-16(2)18(14-22)21(3)4/h5-8,16,18H,9-14H2,1-4H3/t16-,18+/m0/s1. The maximum absolute atomic E-state index is 13.6. The van der Waals surface area contributed by atoms with E-state index in [9.17, 15) is 4.79 Å². The number of amides is 1. The van der Waals surface area contributed by atoms with Gasteiger partial charge in [-0.3, -0.25) is 4.79 Å². The number of likely N-dealkylation sites (tertiary alicyclic amines) is 1. The molecule has 2 fully saturated rings. The maximum Gasteiger partial charge on any atom is 0.233 e. The van der Waals surface area contributed by atoms with E-state index in [0.29, 0.717) is 31.1 Å². The third-order valence-corrected chi connectivity index (χ3v) is 5.88. The zero-order valence-electron chi connectivity index (χ0n) is 15.4. The van der Waals surface area contributed by atoms with E-state index >= 15 is 0 Å². The summed E-state index contributed by atoms with van der Waals surface area (Å²) in [5, 5.41) is 0. The molecular weight excluding hydrogens is 300 g/mol. The minimum Gasteiger partial charge on any atom is -0.381 e. The summed E-state index contributed by atoms with van der Waals surface area (Å²) in [4.78, 5) is 17.9. The van der Waals surface area contributed by atoms with Crippen molar-refractivity contribution in [1.82, 2.24) is 9.80 Å². The molecule has 4 nitrogen and oxygen atoms in total. The van der Waals surface area contributed by atoms with E-state index in [4.69, 9.17) is 4.74 Å². The fourth-order valence-corrected chi connectivity index (χ4v) is 4.31. The van der Waals surface area contributed by atoms with Crippen LogP contribution in [-0.4, -0.2) is 62.1 Å². The number of ether oxygens (including phenoxy) is 1. The largest absolute Gasteiger partial charge is 0.381 e. The average molecular weight is 330 g/mol. The SMILES string of the molecule is Cc1ccc(C2(C(=O)N3C[C@@H](N(C)C)[C@@H](C)C3)CCOCC2)cc1. The Labute approximate surface area is 145 Å². The first-order chi connectivity index (χ1) is 11.4. The fraction of sp³-hybridized carbons (Fsp3) is 0.650. The van der Waals surface area contributed by atoms with Crippen LogP contribution in [0.25, 0.3) is 0 Å². The molecular formula is C20H30N2O2. The second-order valence-corrected chi connectivity index (χ2v) is 7.78. The number of aryl methyl sites for hydroxylation is 1. The number of rotatable bonds is 3. The van der Waals surface area contributed by atoms with Crippen molar-refractivity contribution < 1.29 is 9.53 Å². The Balaban J connectivity index is 1.89. The van der Waals surface area contributed by atoms with Crippen LogP contribution in [0.2, 0.25) is 0 Å². The minimum atomic E-state index is -0.410. The topological polar surface area (TPSA) is 32.8 Å². The van der Waals surface area contributed by atoms with Crippen molar-refractivity contribution in [3.8, 4) is 0 Å². The fourth-order valence-electron chi connectivity index (χ4n) is 4.31. The van der Waals surface area contributed by atoms with Crippen LogP contribution < -0.4 is 0 Å². The zero-order chi connectivity index (χ0) is 17.3. The van der Waals surface area contributed by atoms with Crippen molar-refractivity contribution in [3.63, 3.8) is 0 Å². The Morgan fingerprint density at radius 1 is 1.17 bits per heavy atom. The molecule has 2 heterocycles. The second-order valence-electron chi connectivity index (χ2n) is 7.78. The molecule has 4 heteroatoms. The summed E-state index contributed by atoms with van der Waals surface area (Å²) < 4.78 is 5.58. The van der Waals surface area contributed by atoms with Crippen molar-refractivity contribution in [3.05, 3.63) is 35.4 Å². The molecule has 2 aliphatic rings. The lowest BCUT2D eigenvalue weighted by Crippen LogP contribution is -2.49. The highest BCUT2D eigenvalue weighted by atomic mass is 16.5. The van der Waals surface area contributed by atoms with E-state index in [1.54, 1.807) is 0 Å². The number of carbonyl (C=O) groups excluding carboxylic acids is 1. The van der Waals surface area contributed by atoms with Gasteiger partial charge in [-0.1, -0.05) is 36.8 Å². The van der Waals surface area contributed by atoms with E-state index < -0.39 is 5.41 Å². The number of carbonyl (C=O) groups is 1. The predicted octanol–water partition coefficient (Wildman–Crippen LogP) is 2.45. The maximum atomic E-state index is 13.6. The molecule has 0 spiro atoms. The highest BCUT2D eigenvalue weighted by Crippen LogP contribution is 2.38. The molecule has 2 atom stereocenters. The van der Waals surface area contributed by atoms with E-state index in [2.05, 4.69) is 62.0 Å². The van der Waals surface area contributed by atoms with Crippen LogP contribution >= 0.6 is 0 Å². The molecule has 1 aromatic rings. The molecule has 0 bridgehead atoms. The smallest absolute Gasteiger partial charge is 0.233 e. The third kappa shape index (κ3) is 3.09. The Hall–Kier alpha value is -1.39. The van der Waals surface area contributed by atoms with Crippen LogP contribution in [0, 0.1) is 12.8 Å². The van der Waals surface area contributed by atoms with Gasteiger partial charge in [-0.2, -0.15) is 0 Å². The van der Waals surface area contributed by atoms with Gasteiger partial charge < -0.3 is 14.5 Å². The molecule has 132 valence electrons. The molecule has 0 saturated carbocycles. The van der Waals surface area contributed by atoms with Crippen LogP contribution in [0.5, 0.6) is 0 Å². The summed E-state index contributed by atoms with van der Waals surface area (Å²) in [6, 6.07) is 8.97. The first-order valence-corrected chi connectivity index (χ1v) is 9.05. The normalized spacial score (nSPS) is 26.8. The van der Waals surface area contributed by atoms with E-state index in [0.717, 1.165) is 31.5 Å². The van der Waals surface area contributed by atoms with Gasteiger partial charge in [0.15, 0.2) is 0 Å². The van der Waals surface area contributed by atoms with Crippen LogP contribution in [0.1, 0.15) is 30.9 Å². The van der Waals surface area contributed by atoms with Gasteiger partial charge in [-0.25, -0.2) is 0 Å². The minimum absolute atomic E-state index is 0.297. The molecule has 0 N–H and O–H groups in total. The monoisotopic (exact) mass is 330 g/mol. The van der Waals surface area contributed by atoms with Crippen LogP contribution in [0.3, 0.4) is 0 Å². The molecule has 0 unspecified atom stereocenters. The number of nitrogens with zero attached hydrogens (tertiary/aromatic N) is 2. The Bertz CT molecular complexity index is 576. The lowest BCUT2D eigenvalue weighted by molar-refractivity contribution is -0.140. The summed E-state index contributed by atoms with van der Waals surface area (Å²) in [5.41, 5.74) is 1.98. The molecule has 0 aromatic heterocycles. The summed E-state index contributed by atoms with van der Waals surface area (Å²) in [5.74, 6) is 0.810. The molecule has 0 aliphatic carbocycles. The Morgan fingerprint density at radius 3 is 2.33 bits per heavy atom. The van der Waals surface area contributed by atoms with Crippen molar-refractivity contribution >= 4 is 5.91 Å². The average Bonchev–Trinajstić information content (AvgIpc) is 2.97. The highest BCUT2D eigenvalue weighted by molar-refractivity contribution is 5.88. The molecule has 2 aliphatic heterocycles. The lowest BCUT2D eigenvalue weighted by atomic mass is 9.73. The number of likely N-dealkylation sites (N-methyl/N-ethyl adjacent to an activating group) is 1. The van der Waals surface area contributed by atoms with Gasteiger partial charge >= 0.3 is 0 Å². The number of hydrogen-bond donors (Lipinski definition) is 0. The highest BCUT2D eigenvalue weighted by Gasteiger charge is 2.46. The Kier molecular flexibility index (Phi) is 4.97. The van der Waals surface area contributed by atoms with Gasteiger partial charge in [0.1, 0.15) is 0 Å². The first-order valence-electron chi connectivity index (χ1n) is 9.05. The zero-order valence-corrected chi connectivity index (χ0v) is 15.4. The van der Waals surface area contributed by atoms with Gasteiger partial charge in [-0.15, -0.1) is 0 Å². The molecule has 0 radical (unpaired) electrons. The van der Waals surface area contributed by atoms with Gasteiger partial charge in [0.2, 0.25) is 5.91 Å². The van der Waals surface area contributed by atoms with Crippen LogP contribution in [-0.2, 0) is 14.9 Å². The van der Waals surface area contributed by atoms with E-state index in [1.165, 1.54) is 5.56 Å². The molecule has 3 rings (SSSR count). The third-order valence-electron chi connectivity index (χ3n) is 5.88. The van der Waals surface area contributed by atoms with Gasteiger partial charge in [0.05, 0.1) is 5.41 Å². The summed E-state index contributed by atoms with van der Waals surface area (Å²) in [7, 11) is 4.22.